The number of amidine groups is 2. The van der Waals surface area contributed by atoms with Gasteiger partial charge in [0.1, 0.15) is 0 Å². The summed E-state index contributed by atoms with van der Waals surface area (Å²) in [5.41, 5.74) is -0.533. The van der Waals surface area contributed by atoms with Gasteiger partial charge in [0, 0.05) is 0 Å². The van der Waals surface area contributed by atoms with Gasteiger partial charge in [-0.25, -0.2) is 4.99 Å². The van der Waals surface area contributed by atoms with Gasteiger partial charge in [-0.05, 0) is 26.0 Å². The van der Waals surface area contributed by atoms with Gasteiger partial charge in [0.2, 0.25) is 5.25 Å². The molecule has 0 spiro atoms. The Morgan fingerprint density at radius 1 is 1.29 bits per heavy atom. The molecule has 2 N–H and O–H groups in total. The zero-order valence-corrected chi connectivity index (χ0v) is 15.7. The maximum Gasteiger partial charge on any atom is 0.331 e. The van der Waals surface area contributed by atoms with Crippen LogP contribution in [0.2, 0.25) is 0 Å². The Bertz CT molecular complexity index is 842. The first-order valence-corrected chi connectivity index (χ1v) is 8.90. The number of nitrogens with zero attached hydrogens (tertiary/aromatic N) is 2. The van der Waals surface area contributed by atoms with Crippen LogP contribution in [0.5, 0.6) is 0 Å². The van der Waals surface area contributed by atoms with Crippen molar-refractivity contribution >= 4 is 52.2 Å². The number of hydrogen-bond donors (Lipinski definition) is 2. The van der Waals surface area contributed by atoms with Crippen LogP contribution >= 0.6 is 11.8 Å². The predicted octanol–water partition coefficient (Wildman–Crippen LogP) is 0.552. The van der Waals surface area contributed by atoms with Gasteiger partial charge >= 0.3 is 17.8 Å². The largest absolute Gasteiger partial charge is 0.465 e. The number of carbonyl (C=O) groups excluding carboxylic acids is 4. The van der Waals surface area contributed by atoms with Crippen molar-refractivity contribution in [2.24, 2.45) is 9.98 Å². The molecule has 2 rings (SSSR count). The average Bonchev–Trinajstić information content (AvgIpc) is 3.17. The van der Waals surface area contributed by atoms with Crippen LogP contribution in [0.1, 0.15) is 24.4 Å². The van der Waals surface area contributed by atoms with Gasteiger partial charge in [-0.2, -0.15) is 4.99 Å². The predicted molar refractivity (Wildman–Crippen MR) is 98.4 cm³/mol. The first kappa shape index (κ1) is 21.0. The third-order valence-corrected chi connectivity index (χ3v) is 4.09. The minimum Gasteiger partial charge on any atom is -0.465 e. The van der Waals surface area contributed by atoms with Crippen molar-refractivity contribution < 1.29 is 33.1 Å². The number of thioether (sulfide) groups is 1. The quantitative estimate of drug-likeness (QED) is 0.509. The molecular formula is C16H16N4O7S. The fourth-order valence-corrected chi connectivity index (χ4v) is 2.75. The second kappa shape index (κ2) is 9.60. The molecule has 0 radical (unpaired) electrons. The van der Waals surface area contributed by atoms with E-state index in [4.69, 9.17) is 19.3 Å². The van der Waals surface area contributed by atoms with Gasteiger partial charge in [-0.3, -0.25) is 29.9 Å². The van der Waals surface area contributed by atoms with Crippen molar-refractivity contribution in [1.29, 1.82) is 5.41 Å². The number of carbonyl (C=O) groups is 4. The molecule has 0 bridgehead atoms. The zero-order chi connectivity index (χ0) is 20.7. The van der Waals surface area contributed by atoms with Crippen molar-refractivity contribution in [3.63, 3.8) is 0 Å². The maximum atomic E-state index is 12.2. The fraction of sp³-hybridized carbons (Fsp3) is 0.312. The van der Waals surface area contributed by atoms with Crippen LogP contribution in [-0.2, 0) is 23.9 Å². The van der Waals surface area contributed by atoms with E-state index in [1.807, 2.05) is 0 Å². The topological polar surface area (TPSA) is 160 Å². The molecule has 0 aromatic carbocycles. The molecule has 1 aromatic rings. The minimum absolute atomic E-state index is 0.0374. The van der Waals surface area contributed by atoms with Crippen LogP contribution in [-0.4, -0.2) is 58.9 Å². The Balaban J connectivity index is 2.20. The second-order valence-corrected chi connectivity index (χ2v) is 6.06. The SMILES string of the molecule is CCOC(=O)C(SC1=NC(=N)C(=NC(=O)c2ccco2)C(=O)N1)C(=O)OCC. The van der Waals surface area contributed by atoms with Crippen LogP contribution in [0, 0.1) is 5.41 Å². The molecule has 0 saturated carbocycles. The average molecular weight is 408 g/mol. The van der Waals surface area contributed by atoms with Crippen molar-refractivity contribution in [1.82, 2.24) is 5.32 Å². The van der Waals surface area contributed by atoms with Gasteiger partial charge in [-0.1, -0.05) is 11.8 Å². The van der Waals surface area contributed by atoms with E-state index in [1.54, 1.807) is 13.8 Å². The summed E-state index contributed by atoms with van der Waals surface area (Å²) < 4.78 is 14.5. The third kappa shape index (κ3) is 5.13. The van der Waals surface area contributed by atoms with Crippen molar-refractivity contribution in [2.75, 3.05) is 13.2 Å². The number of hydrogen-bond acceptors (Lipinski definition) is 9. The molecule has 0 aliphatic carbocycles. The minimum atomic E-state index is -1.44. The van der Waals surface area contributed by atoms with E-state index in [0.717, 1.165) is 0 Å². The Labute approximate surface area is 163 Å². The van der Waals surface area contributed by atoms with Crippen molar-refractivity contribution in [3.05, 3.63) is 24.2 Å². The number of nitrogens with one attached hydrogen (secondary N) is 2. The Kier molecular flexibility index (Phi) is 7.21. The lowest BCUT2D eigenvalue weighted by Gasteiger charge is -2.18. The molecule has 1 aromatic heterocycles. The molecule has 0 atom stereocenters. The van der Waals surface area contributed by atoms with Gasteiger partial charge in [0.25, 0.3) is 5.91 Å². The molecule has 0 unspecified atom stereocenters. The summed E-state index contributed by atoms with van der Waals surface area (Å²) in [6.45, 7) is 3.21. The summed E-state index contributed by atoms with van der Waals surface area (Å²) in [6, 6.07) is 2.82. The smallest absolute Gasteiger partial charge is 0.331 e. The molecule has 2 heterocycles. The van der Waals surface area contributed by atoms with Crippen LogP contribution in [0.15, 0.2) is 32.8 Å². The van der Waals surface area contributed by atoms with E-state index in [2.05, 4.69) is 15.3 Å². The molecule has 148 valence electrons. The normalized spacial score (nSPS) is 15.2. The first-order valence-electron chi connectivity index (χ1n) is 8.02. The third-order valence-electron chi connectivity index (χ3n) is 3.05. The highest BCUT2D eigenvalue weighted by Gasteiger charge is 2.35. The molecule has 0 fully saturated rings. The fourth-order valence-electron chi connectivity index (χ4n) is 1.90. The van der Waals surface area contributed by atoms with Crippen LogP contribution in [0.25, 0.3) is 0 Å². The highest BCUT2D eigenvalue weighted by molar-refractivity contribution is 8.15. The summed E-state index contributed by atoms with van der Waals surface area (Å²) in [5.74, 6) is -4.22. The van der Waals surface area contributed by atoms with E-state index >= 15 is 0 Å². The van der Waals surface area contributed by atoms with Crippen LogP contribution in [0.4, 0.5) is 0 Å². The van der Waals surface area contributed by atoms with E-state index in [9.17, 15) is 19.2 Å². The molecule has 2 amide bonds. The number of esters is 2. The summed E-state index contributed by atoms with van der Waals surface area (Å²) in [6.07, 6.45) is 1.26. The monoisotopic (exact) mass is 408 g/mol. The van der Waals surface area contributed by atoms with Gasteiger partial charge in [-0.15, -0.1) is 0 Å². The Morgan fingerprint density at radius 3 is 2.43 bits per heavy atom. The second-order valence-electron chi connectivity index (χ2n) is 4.96. The summed E-state index contributed by atoms with van der Waals surface area (Å²) in [7, 11) is 0. The Morgan fingerprint density at radius 2 is 1.93 bits per heavy atom. The molecule has 28 heavy (non-hydrogen) atoms. The molecular weight excluding hydrogens is 392 g/mol. The van der Waals surface area contributed by atoms with Gasteiger partial charge in [0.05, 0.1) is 19.5 Å². The lowest BCUT2D eigenvalue weighted by atomic mass is 10.3. The summed E-state index contributed by atoms with van der Waals surface area (Å²) in [4.78, 5) is 55.4. The number of rotatable bonds is 6. The maximum absolute atomic E-state index is 12.2. The number of aliphatic imine (C=N–C) groups is 2. The standard InChI is InChI=1S/C16H16N4O7S/c1-3-25-14(23)10(15(24)26-4-2)28-16-19-11(17)9(13(22)20-16)18-12(21)8-6-5-7-27-8/h5-7,10H,3-4H2,1-2H3,(H2,17,19,20,22). The highest BCUT2D eigenvalue weighted by atomic mass is 32.2. The van der Waals surface area contributed by atoms with E-state index < -0.39 is 40.6 Å². The zero-order valence-electron chi connectivity index (χ0n) is 14.9. The number of amides is 2. The summed E-state index contributed by atoms with van der Waals surface area (Å²) >= 11 is 0.558. The molecule has 0 saturated heterocycles. The van der Waals surface area contributed by atoms with Gasteiger partial charge < -0.3 is 13.9 Å². The first-order chi connectivity index (χ1) is 13.4. The molecule has 12 heteroatoms. The number of ether oxygens (including phenoxy) is 2. The van der Waals surface area contributed by atoms with Crippen LogP contribution in [0.3, 0.4) is 0 Å². The lowest BCUT2D eigenvalue weighted by molar-refractivity contribution is -0.152. The van der Waals surface area contributed by atoms with E-state index in [-0.39, 0.29) is 24.1 Å². The van der Waals surface area contributed by atoms with E-state index in [0.29, 0.717) is 11.8 Å². The Hall–Kier alpha value is -3.28. The lowest BCUT2D eigenvalue weighted by Crippen LogP contribution is -2.45. The number of furan rings is 1. The van der Waals surface area contributed by atoms with Crippen molar-refractivity contribution in [2.45, 2.75) is 19.1 Å². The molecule has 1 aliphatic heterocycles. The van der Waals surface area contributed by atoms with Gasteiger partial charge in [0.15, 0.2) is 22.5 Å². The summed E-state index contributed by atoms with van der Waals surface area (Å²) in [5, 5.41) is 8.48. The molecule has 1 aliphatic rings. The highest BCUT2D eigenvalue weighted by Crippen LogP contribution is 2.18. The molecule has 11 nitrogen and oxygen atoms in total. The van der Waals surface area contributed by atoms with Crippen molar-refractivity contribution in [3.8, 4) is 0 Å². The van der Waals surface area contributed by atoms with E-state index in [1.165, 1.54) is 18.4 Å². The van der Waals surface area contributed by atoms with Crippen LogP contribution < -0.4 is 5.32 Å².